The summed E-state index contributed by atoms with van der Waals surface area (Å²) in [5.74, 6) is 0.448. The zero-order chi connectivity index (χ0) is 19.4. The lowest BCUT2D eigenvalue weighted by Gasteiger charge is -2.15. The third kappa shape index (κ3) is 4.83. The van der Waals surface area contributed by atoms with Gasteiger partial charge in [0.25, 0.3) is 5.56 Å². The molecule has 142 valence electrons. The molecule has 1 amide bonds. The third-order valence-electron chi connectivity index (χ3n) is 4.47. The van der Waals surface area contributed by atoms with Crippen molar-refractivity contribution < 1.29 is 4.79 Å². The van der Waals surface area contributed by atoms with Crippen molar-refractivity contribution in [2.45, 2.75) is 46.2 Å². The van der Waals surface area contributed by atoms with E-state index in [-0.39, 0.29) is 24.1 Å². The van der Waals surface area contributed by atoms with E-state index in [1.54, 1.807) is 0 Å². The van der Waals surface area contributed by atoms with Crippen molar-refractivity contribution in [3.8, 4) is 10.4 Å². The predicted octanol–water partition coefficient (Wildman–Crippen LogP) is 4.07. The van der Waals surface area contributed by atoms with Gasteiger partial charge < -0.3 is 5.32 Å². The van der Waals surface area contributed by atoms with Gasteiger partial charge >= 0.3 is 0 Å². The van der Waals surface area contributed by atoms with Crippen LogP contribution in [0.15, 0.2) is 47.5 Å². The molecule has 1 atom stereocenters. The number of hydrogen-bond donors (Lipinski definition) is 1. The largest absolute Gasteiger partial charge is 0.352 e. The molecular weight excluding hydrogens is 358 g/mol. The Hall–Kier alpha value is -2.47. The Balaban J connectivity index is 1.75. The van der Waals surface area contributed by atoms with Crippen LogP contribution < -0.4 is 10.9 Å². The molecule has 0 spiro atoms. The van der Waals surface area contributed by atoms with Crippen LogP contribution in [-0.4, -0.2) is 21.5 Å². The van der Waals surface area contributed by atoms with E-state index in [2.05, 4.69) is 24.1 Å². The van der Waals surface area contributed by atoms with Crippen molar-refractivity contribution in [1.82, 2.24) is 14.9 Å². The third-order valence-corrected chi connectivity index (χ3v) is 5.57. The number of carbonyl (C=O) groups is 1. The van der Waals surface area contributed by atoms with Gasteiger partial charge in [0.1, 0.15) is 11.4 Å². The Bertz CT molecular complexity index is 976. The molecule has 0 fully saturated rings. The van der Waals surface area contributed by atoms with Crippen molar-refractivity contribution in [2.24, 2.45) is 5.92 Å². The van der Waals surface area contributed by atoms with Crippen LogP contribution in [0.4, 0.5) is 0 Å². The molecule has 0 aliphatic heterocycles. The van der Waals surface area contributed by atoms with Crippen LogP contribution in [0.5, 0.6) is 0 Å². The summed E-state index contributed by atoms with van der Waals surface area (Å²) in [4.78, 5) is 31.1. The number of rotatable bonds is 7. The minimum atomic E-state index is -0.177. The molecule has 27 heavy (non-hydrogen) atoms. The molecule has 3 rings (SSSR count). The van der Waals surface area contributed by atoms with Crippen LogP contribution in [0.3, 0.4) is 0 Å². The summed E-state index contributed by atoms with van der Waals surface area (Å²) >= 11 is 1.49. The maximum Gasteiger partial charge on any atom is 0.262 e. The van der Waals surface area contributed by atoms with Gasteiger partial charge in [-0.15, -0.1) is 11.3 Å². The Morgan fingerprint density at radius 1 is 1.19 bits per heavy atom. The molecule has 6 heteroatoms. The number of nitrogens with one attached hydrogen (secondary N) is 1. The Morgan fingerprint density at radius 2 is 1.93 bits per heavy atom. The highest BCUT2D eigenvalue weighted by molar-refractivity contribution is 7.21. The molecule has 0 radical (unpaired) electrons. The zero-order valence-electron chi connectivity index (χ0n) is 15.9. The average Bonchev–Trinajstić information content (AvgIpc) is 3.08. The average molecular weight is 384 g/mol. The minimum absolute atomic E-state index is 0.00961. The maximum atomic E-state index is 12.8. The van der Waals surface area contributed by atoms with Crippen molar-refractivity contribution >= 4 is 27.5 Å². The maximum absolute atomic E-state index is 12.8. The first-order valence-electron chi connectivity index (χ1n) is 9.28. The summed E-state index contributed by atoms with van der Waals surface area (Å²) in [5.41, 5.74) is 0.881. The Kier molecular flexibility index (Phi) is 6.06. The molecule has 0 saturated heterocycles. The first-order chi connectivity index (χ1) is 12.9. The highest BCUT2D eigenvalue weighted by Gasteiger charge is 2.13. The van der Waals surface area contributed by atoms with Crippen LogP contribution in [0.25, 0.3) is 20.7 Å². The normalized spacial score (nSPS) is 12.4. The Labute approximate surface area is 163 Å². The van der Waals surface area contributed by atoms with Crippen LogP contribution >= 0.6 is 11.3 Å². The van der Waals surface area contributed by atoms with Gasteiger partial charge in [-0.3, -0.25) is 14.2 Å². The number of nitrogens with zero attached hydrogens (tertiary/aromatic N) is 2. The highest BCUT2D eigenvalue weighted by Crippen LogP contribution is 2.30. The second-order valence-corrected chi connectivity index (χ2v) is 8.34. The standard InChI is InChI=1S/C21H25N3O2S/c1-14(2)9-10-15(3)23-19(25)12-24-13-22-20-17(21(24)26)11-18(27-20)16-7-5-4-6-8-16/h4-8,11,13-15H,9-10,12H2,1-3H3,(H,23,25)/t15-/m0/s1. The summed E-state index contributed by atoms with van der Waals surface area (Å²) in [6.07, 6.45) is 3.46. The summed E-state index contributed by atoms with van der Waals surface area (Å²) in [6, 6.07) is 11.9. The van der Waals surface area contributed by atoms with Crippen LogP contribution in [0, 0.1) is 5.92 Å². The second kappa shape index (κ2) is 8.48. The van der Waals surface area contributed by atoms with Crippen molar-refractivity contribution in [1.29, 1.82) is 0 Å². The van der Waals surface area contributed by atoms with Crippen molar-refractivity contribution in [3.05, 3.63) is 53.1 Å². The van der Waals surface area contributed by atoms with Gasteiger partial charge in [-0.25, -0.2) is 4.98 Å². The molecular formula is C21H25N3O2S. The summed E-state index contributed by atoms with van der Waals surface area (Å²) in [6.45, 7) is 6.32. The SMILES string of the molecule is CC(C)CC[C@H](C)NC(=O)Cn1cnc2sc(-c3ccccc3)cc2c1=O. The van der Waals surface area contributed by atoms with Gasteiger partial charge in [0, 0.05) is 10.9 Å². The molecule has 3 aromatic rings. The molecule has 2 aromatic heterocycles. The summed E-state index contributed by atoms with van der Waals surface area (Å²) in [5, 5.41) is 3.52. The van der Waals surface area contributed by atoms with Gasteiger partial charge in [-0.2, -0.15) is 0 Å². The number of carbonyl (C=O) groups excluding carboxylic acids is 1. The van der Waals surface area contributed by atoms with Gasteiger partial charge in [0.15, 0.2) is 0 Å². The molecule has 1 N–H and O–H groups in total. The Morgan fingerprint density at radius 3 is 2.63 bits per heavy atom. The van der Waals surface area contributed by atoms with Gasteiger partial charge in [-0.1, -0.05) is 44.2 Å². The number of fused-ring (bicyclic) bond motifs is 1. The molecule has 0 aliphatic carbocycles. The van der Waals surface area contributed by atoms with E-state index in [9.17, 15) is 9.59 Å². The van der Waals surface area contributed by atoms with E-state index in [1.807, 2.05) is 43.3 Å². The van der Waals surface area contributed by atoms with E-state index in [0.717, 1.165) is 23.3 Å². The van der Waals surface area contributed by atoms with Crippen LogP contribution in [0.2, 0.25) is 0 Å². The number of benzene rings is 1. The van der Waals surface area contributed by atoms with E-state index in [4.69, 9.17) is 0 Å². The fourth-order valence-electron chi connectivity index (χ4n) is 2.95. The molecule has 0 aliphatic rings. The zero-order valence-corrected chi connectivity index (χ0v) is 16.8. The fourth-order valence-corrected chi connectivity index (χ4v) is 3.94. The topological polar surface area (TPSA) is 64.0 Å². The van der Waals surface area contributed by atoms with E-state index < -0.39 is 0 Å². The minimum Gasteiger partial charge on any atom is -0.352 e. The first kappa shape index (κ1) is 19.3. The monoisotopic (exact) mass is 383 g/mol. The molecule has 0 saturated carbocycles. The van der Waals surface area contributed by atoms with E-state index >= 15 is 0 Å². The quantitative estimate of drug-likeness (QED) is 0.669. The van der Waals surface area contributed by atoms with E-state index in [1.165, 1.54) is 22.2 Å². The van der Waals surface area contributed by atoms with Crippen molar-refractivity contribution in [3.63, 3.8) is 0 Å². The number of amides is 1. The first-order valence-corrected chi connectivity index (χ1v) is 10.1. The number of aromatic nitrogens is 2. The van der Waals surface area contributed by atoms with Gasteiger partial charge in [0.2, 0.25) is 5.91 Å². The van der Waals surface area contributed by atoms with Crippen molar-refractivity contribution in [2.75, 3.05) is 0 Å². The highest BCUT2D eigenvalue weighted by atomic mass is 32.1. The predicted molar refractivity (Wildman–Crippen MR) is 111 cm³/mol. The lowest BCUT2D eigenvalue weighted by atomic mass is 10.0. The lowest BCUT2D eigenvalue weighted by molar-refractivity contribution is -0.122. The molecule has 2 heterocycles. The van der Waals surface area contributed by atoms with E-state index in [0.29, 0.717) is 16.1 Å². The number of thiophene rings is 1. The second-order valence-electron chi connectivity index (χ2n) is 7.31. The lowest BCUT2D eigenvalue weighted by Crippen LogP contribution is -2.37. The fraction of sp³-hybridized carbons (Fsp3) is 0.381. The smallest absolute Gasteiger partial charge is 0.262 e. The van der Waals surface area contributed by atoms with Gasteiger partial charge in [-0.05, 0) is 37.3 Å². The summed E-state index contributed by atoms with van der Waals surface area (Å²) in [7, 11) is 0. The van der Waals surface area contributed by atoms with Gasteiger partial charge in [0.05, 0.1) is 11.7 Å². The molecule has 5 nitrogen and oxygen atoms in total. The summed E-state index contributed by atoms with van der Waals surface area (Å²) < 4.78 is 1.38. The van der Waals surface area contributed by atoms with Crippen LogP contribution in [-0.2, 0) is 11.3 Å². The van der Waals surface area contributed by atoms with Crippen LogP contribution in [0.1, 0.15) is 33.6 Å². The molecule has 0 unspecified atom stereocenters. The number of hydrogen-bond acceptors (Lipinski definition) is 4. The molecule has 0 bridgehead atoms. The molecule has 1 aromatic carbocycles.